The number of amides is 2. The maximum atomic E-state index is 12.7. The fraction of sp³-hybridized carbons (Fsp3) is 0.941. The summed E-state index contributed by atoms with van der Waals surface area (Å²) >= 11 is 0. The zero-order valence-electron chi connectivity index (χ0n) is 13.5. The first-order valence-electron chi connectivity index (χ1n) is 8.41. The number of rotatable bonds is 2. The van der Waals surface area contributed by atoms with Crippen molar-refractivity contribution in [3.05, 3.63) is 0 Å². The predicted octanol–water partition coefficient (Wildman–Crippen LogP) is 3.79. The van der Waals surface area contributed by atoms with E-state index >= 15 is 0 Å². The summed E-state index contributed by atoms with van der Waals surface area (Å²) in [4.78, 5) is 14.7. The first-order valence-corrected chi connectivity index (χ1v) is 8.41. The summed E-state index contributed by atoms with van der Waals surface area (Å²) in [7, 11) is 0. The van der Waals surface area contributed by atoms with Gasteiger partial charge in [-0.3, -0.25) is 0 Å². The Hall–Kier alpha value is -0.730. The van der Waals surface area contributed by atoms with E-state index in [1.807, 2.05) is 4.90 Å². The molecule has 0 aromatic heterocycles. The molecular weight excluding hydrogens is 248 g/mol. The second-order valence-corrected chi connectivity index (χ2v) is 8.54. The number of nitrogens with zero attached hydrogens (tertiary/aromatic N) is 1. The van der Waals surface area contributed by atoms with Crippen molar-refractivity contribution in [2.75, 3.05) is 6.54 Å². The summed E-state index contributed by atoms with van der Waals surface area (Å²) in [5.41, 5.74) is 0.0334. The van der Waals surface area contributed by atoms with Crippen molar-refractivity contribution in [1.82, 2.24) is 10.2 Å². The smallest absolute Gasteiger partial charge is 0.318 e. The molecule has 1 N–H and O–H groups in total. The summed E-state index contributed by atoms with van der Waals surface area (Å²) in [5.74, 6) is 2.64. The van der Waals surface area contributed by atoms with Crippen LogP contribution in [0.25, 0.3) is 0 Å². The Bertz CT molecular complexity index is 361. The molecule has 0 heterocycles. The zero-order chi connectivity index (χ0) is 14.5. The zero-order valence-corrected chi connectivity index (χ0v) is 13.5. The molecular formula is C17H30N2O. The molecule has 0 aromatic rings. The van der Waals surface area contributed by atoms with E-state index in [2.05, 4.69) is 33.0 Å². The van der Waals surface area contributed by atoms with Crippen LogP contribution in [-0.4, -0.2) is 28.6 Å². The van der Waals surface area contributed by atoms with Gasteiger partial charge in [0.15, 0.2) is 0 Å². The standard InChI is InChI=1S/C17H30N2O/c1-5-19(16(2,3)4)15(20)18-17-9-12-6-13(10-17)8-14(7-12)11-17/h12-14H,5-11H2,1-4H3,(H,18,20). The number of carbonyl (C=O) groups excluding carboxylic acids is 1. The molecule has 0 aliphatic heterocycles. The van der Waals surface area contributed by atoms with Crippen molar-refractivity contribution < 1.29 is 4.79 Å². The quantitative estimate of drug-likeness (QED) is 0.819. The Kier molecular flexibility index (Phi) is 3.30. The van der Waals surface area contributed by atoms with Crippen molar-refractivity contribution in [2.45, 2.75) is 77.3 Å². The molecule has 114 valence electrons. The second-order valence-electron chi connectivity index (χ2n) is 8.54. The summed E-state index contributed by atoms with van der Waals surface area (Å²) in [6.07, 6.45) is 7.95. The van der Waals surface area contributed by atoms with Gasteiger partial charge >= 0.3 is 6.03 Å². The predicted molar refractivity (Wildman–Crippen MR) is 81.6 cm³/mol. The molecule has 0 atom stereocenters. The lowest BCUT2D eigenvalue weighted by atomic mass is 9.53. The molecule has 3 heteroatoms. The van der Waals surface area contributed by atoms with Crippen LogP contribution in [0.1, 0.15) is 66.2 Å². The molecule has 4 aliphatic rings. The molecule has 0 saturated heterocycles. The minimum atomic E-state index is -0.0961. The topological polar surface area (TPSA) is 32.3 Å². The van der Waals surface area contributed by atoms with Crippen LogP contribution < -0.4 is 5.32 Å². The first-order chi connectivity index (χ1) is 9.31. The molecule has 0 unspecified atom stereocenters. The number of hydrogen-bond acceptors (Lipinski definition) is 1. The molecule has 4 saturated carbocycles. The average Bonchev–Trinajstić information content (AvgIpc) is 2.24. The lowest BCUT2D eigenvalue weighted by molar-refractivity contribution is -0.0171. The normalized spacial score (nSPS) is 38.9. The van der Waals surface area contributed by atoms with Gasteiger partial charge in [-0.15, -0.1) is 0 Å². The van der Waals surface area contributed by atoms with Crippen LogP contribution >= 0.6 is 0 Å². The summed E-state index contributed by atoms with van der Waals surface area (Å²) in [6.45, 7) is 9.22. The average molecular weight is 278 g/mol. The van der Waals surface area contributed by atoms with Gasteiger partial charge in [0.1, 0.15) is 0 Å². The van der Waals surface area contributed by atoms with Gasteiger partial charge in [0, 0.05) is 17.6 Å². The molecule has 4 bridgehead atoms. The van der Waals surface area contributed by atoms with Crippen molar-refractivity contribution in [1.29, 1.82) is 0 Å². The summed E-state index contributed by atoms with van der Waals surface area (Å²) < 4.78 is 0. The van der Waals surface area contributed by atoms with Crippen molar-refractivity contribution >= 4 is 6.03 Å². The highest BCUT2D eigenvalue weighted by atomic mass is 16.2. The lowest BCUT2D eigenvalue weighted by Gasteiger charge is -2.57. The molecule has 0 spiro atoms. The van der Waals surface area contributed by atoms with Crippen molar-refractivity contribution in [3.8, 4) is 0 Å². The number of nitrogens with one attached hydrogen (secondary N) is 1. The van der Waals surface area contributed by atoms with Crippen LogP contribution in [0.4, 0.5) is 4.79 Å². The van der Waals surface area contributed by atoms with Gasteiger partial charge in [-0.25, -0.2) is 4.79 Å². The largest absolute Gasteiger partial charge is 0.333 e. The van der Waals surface area contributed by atoms with E-state index in [-0.39, 0.29) is 17.1 Å². The van der Waals surface area contributed by atoms with E-state index in [1.165, 1.54) is 38.5 Å². The third-order valence-electron chi connectivity index (χ3n) is 5.78. The fourth-order valence-corrected chi connectivity index (χ4v) is 5.48. The monoisotopic (exact) mass is 278 g/mol. The van der Waals surface area contributed by atoms with Gasteiger partial charge in [-0.05, 0) is 84.0 Å². The van der Waals surface area contributed by atoms with E-state index < -0.39 is 0 Å². The van der Waals surface area contributed by atoms with E-state index in [0.717, 1.165) is 24.3 Å². The molecule has 4 aliphatic carbocycles. The molecule has 0 radical (unpaired) electrons. The van der Waals surface area contributed by atoms with Crippen LogP contribution in [0.3, 0.4) is 0 Å². The summed E-state index contributed by atoms with van der Waals surface area (Å²) in [6, 6.07) is 0.155. The van der Waals surface area contributed by atoms with Gasteiger partial charge in [-0.1, -0.05) is 0 Å². The molecule has 4 fully saturated rings. The van der Waals surface area contributed by atoms with E-state index in [0.29, 0.717) is 0 Å². The maximum absolute atomic E-state index is 12.7. The lowest BCUT2D eigenvalue weighted by Crippen LogP contribution is -2.63. The van der Waals surface area contributed by atoms with Crippen molar-refractivity contribution in [3.63, 3.8) is 0 Å². The minimum Gasteiger partial charge on any atom is -0.333 e. The van der Waals surface area contributed by atoms with E-state index in [4.69, 9.17) is 0 Å². The minimum absolute atomic E-state index is 0.0961. The van der Waals surface area contributed by atoms with Crippen LogP contribution in [0.2, 0.25) is 0 Å². The second kappa shape index (κ2) is 4.64. The Morgan fingerprint density at radius 1 is 1.10 bits per heavy atom. The maximum Gasteiger partial charge on any atom is 0.318 e. The van der Waals surface area contributed by atoms with E-state index in [1.54, 1.807) is 0 Å². The van der Waals surface area contributed by atoms with Crippen LogP contribution in [0.15, 0.2) is 0 Å². The van der Waals surface area contributed by atoms with Gasteiger partial charge < -0.3 is 10.2 Å². The highest BCUT2D eigenvalue weighted by molar-refractivity contribution is 5.76. The van der Waals surface area contributed by atoms with Gasteiger partial charge in [0.25, 0.3) is 0 Å². The highest BCUT2D eigenvalue weighted by Gasteiger charge is 2.52. The number of urea groups is 1. The van der Waals surface area contributed by atoms with Crippen LogP contribution in [0, 0.1) is 17.8 Å². The Morgan fingerprint density at radius 2 is 1.55 bits per heavy atom. The first kappa shape index (κ1) is 14.2. The van der Waals surface area contributed by atoms with Crippen molar-refractivity contribution in [2.24, 2.45) is 17.8 Å². The van der Waals surface area contributed by atoms with E-state index in [9.17, 15) is 4.79 Å². The number of carbonyl (C=O) groups is 1. The Balaban J connectivity index is 1.72. The fourth-order valence-electron chi connectivity index (χ4n) is 5.48. The van der Waals surface area contributed by atoms with Crippen LogP contribution in [-0.2, 0) is 0 Å². The Morgan fingerprint density at radius 3 is 1.90 bits per heavy atom. The Labute approximate surface area is 123 Å². The van der Waals surface area contributed by atoms with Gasteiger partial charge in [0.2, 0.25) is 0 Å². The third-order valence-corrected chi connectivity index (χ3v) is 5.78. The molecule has 3 nitrogen and oxygen atoms in total. The molecule has 2 amide bonds. The molecule has 20 heavy (non-hydrogen) atoms. The highest BCUT2D eigenvalue weighted by Crippen LogP contribution is 2.55. The number of hydrogen-bond donors (Lipinski definition) is 1. The van der Waals surface area contributed by atoms with Crippen LogP contribution in [0.5, 0.6) is 0 Å². The molecule has 4 rings (SSSR count). The van der Waals surface area contributed by atoms with Gasteiger partial charge in [0.05, 0.1) is 0 Å². The van der Waals surface area contributed by atoms with Gasteiger partial charge in [-0.2, -0.15) is 0 Å². The molecule has 0 aromatic carbocycles. The summed E-state index contributed by atoms with van der Waals surface area (Å²) in [5, 5.41) is 3.47. The SMILES string of the molecule is CCN(C(=O)NC12CC3CC(CC(C3)C1)C2)C(C)(C)C. The third kappa shape index (κ3) is 2.44.